The SMILES string of the molecule is OCCC1CC2CC1C1C3CC(CC3CO)C21. The number of hydrogen-bond donors (Lipinski definition) is 2. The zero-order chi connectivity index (χ0) is 11.6. The summed E-state index contributed by atoms with van der Waals surface area (Å²) >= 11 is 0. The molecule has 4 aliphatic carbocycles. The van der Waals surface area contributed by atoms with Gasteiger partial charge in [0.25, 0.3) is 0 Å². The van der Waals surface area contributed by atoms with Crippen molar-refractivity contribution in [1.82, 2.24) is 0 Å². The average Bonchev–Trinajstić information content (AvgIpc) is 3.05. The summed E-state index contributed by atoms with van der Waals surface area (Å²) < 4.78 is 0. The van der Waals surface area contributed by atoms with Gasteiger partial charge in [-0.3, -0.25) is 0 Å². The van der Waals surface area contributed by atoms with Crippen molar-refractivity contribution in [3.63, 3.8) is 0 Å². The molecule has 8 atom stereocenters. The van der Waals surface area contributed by atoms with Crippen LogP contribution < -0.4 is 0 Å². The molecule has 4 saturated carbocycles. The van der Waals surface area contributed by atoms with Crippen molar-refractivity contribution in [2.45, 2.75) is 32.1 Å². The maximum absolute atomic E-state index is 9.51. The lowest BCUT2D eigenvalue weighted by molar-refractivity contribution is 0.0428. The van der Waals surface area contributed by atoms with E-state index < -0.39 is 0 Å². The van der Waals surface area contributed by atoms with E-state index >= 15 is 0 Å². The van der Waals surface area contributed by atoms with Gasteiger partial charge >= 0.3 is 0 Å². The van der Waals surface area contributed by atoms with Crippen LogP contribution in [-0.2, 0) is 0 Å². The van der Waals surface area contributed by atoms with Crippen LogP contribution in [0.1, 0.15) is 32.1 Å². The van der Waals surface area contributed by atoms with Gasteiger partial charge in [0.2, 0.25) is 0 Å². The fourth-order valence-corrected chi connectivity index (χ4v) is 6.58. The zero-order valence-corrected chi connectivity index (χ0v) is 10.5. The summed E-state index contributed by atoms with van der Waals surface area (Å²) in [5, 5.41) is 18.7. The van der Waals surface area contributed by atoms with Crippen molar-refractivity contribution in [2.75, 3.05) is 13.2 Å². The molecule has 0 aliphatic heterocycles. The highest BCUT2D eigenvalue weighted by atomic mass is 16.3. The molecule has 96 valence electrons. The smallest absolute Gasteiger partial charge is 0.0462 e. The summed E-state index contributed by atoms with van der Waals surface area (Å²) in [6.07, 6.45) is 6.62. The van der Waals surface area contributed by atoms with Gasteiger partial charge in [-0.15, -0.1) is 0 Å². The molecule has 0 aromatic carbocycles. The highest BCUT2D eigenvalue weighted by molar-refractivity contribution is 5.12. The van der Waals surface area contributed by atoms with Crippen LogP contribution in [0.25, 0.3) is 0 Å². The van der Waals surface area contributed by atoms with Gasteiger partial charge in [0.15, 0.2) is 0 Å². The van der Waals surface area contributed by atoms with Crippen molar-refractivity contribution in [1.29, 1.82) is 0 Å². The standard InChI is InChI=1S/C15H24O2/c16-2-1-8-3-9-5-12(8)15-13-6-10(14(9)15)4-11(13)7-17/h8-17H,1-7H2. The molecular formula is C15H24O2. The first-order valence-corrected chi connectivity index (χ1v) is 7.55. The Bertz CT molecular complexity index is 316. The fraction of sp³-hybridized carbons (Fsp3) is 1.00. The number of hydrogen-bond acceptors (Lipinski definition) is 2. The molecule has 4 aliphatic rings. The predicted octanol–water partition coefficient (Wildman–Crippen LogP) is 1.91. The van der Waals surface area contributed by atoms with E-state index in [0.29, 0.717) is 19.1 Å². The minimum Gasteiger partial charge on any atom is -0.396 e. The van der Waals surface area contributed by atoms with E-state index in [1.54, 1.807) is 0 Å². The molecule has 2 nitrogen and oxygen atoms in total. The van der Waals surface area contributed by atoms with E-state index in [9.17, 15) is 10.2 Å². The second kappa shape index (κ2) is 3.71. The summed E-state index contributed by atoms with van der Waals surface area (Å²) in [7, 11) is 0. The third-order valence-electron chi connectivity index (χ3n) is 6.83. The van der Waals surface area contributed by atoms with Crippen LogP contribution in [0.2, 0.25) is 0 Å². The molecule has 2 N–H and O–H groups in total. The maximum Gasteiger partial charge on any atom is 0.0462 e. The molecule has 2 heteroatoms. The van der Waals surface area contributed by atoms with E-state index in [1.165, 1.54) is 25.7 Å². The molecule has 17 heavy (non-hydrogen) atoms. The van der Waals surface area contributed by atoms with Crippen LogP contribution in [0, 0.1) is 47.3 Å². The topological polar surface area (TPSA) is 40.5 Å². The Morgan fingerprint density at radius 1 is 0.765 bits per heavy atom. The van der Waals surface area contributed by atoms with Crippen molar-refractivity contribution >= 4 is 0 Å². The number of rotatable bonds is 3. The highest BCUT2D eigenvalue weighted by Crippen LogP contribution is 2.70. The molecule has 0 radical (unpaired) electrons. The van der Waals surface area contributed by atoms with Crippen LogP contribution >= 0.6 is 0 Å². The summed E-state index contributed by atoms with van der Waals surface area (Å²) in [6, 6.07) is 0. The second-order valence-electron chi connectivity index (χ2n) is 7.16. The van der Waals surface area contributed by atoms with Crippen LogP contribution in [0.4, 0.5) is 0 Å². The highest BCUT2D eigenvalue weighted by Gasteiger charge is 2.63. The summed E-state index contributed by atoms with van der Waals surface area (Å²) in [4.78, 5) is 0. The fourth-order valence-electron chi connectivity index (χ4n) is 6.58. The molecule has 0 saturated heterocycles. The van der Waals surface area contributed by atoms with Gasteiger partial charge in [-0.1, -0.05) is 0 Å². The normalized spacial score (nSPS) is 58.9. The maximum atomic E-state index is 9.51. The Hall–Kier alpha value is -0.0800. The van der Waals surface area contributed by atoms with E-state index in [-0.39, 0.29) is 0 Å². The van der Waals surface area contributed by atoms with Gasteiger partial charge in [-0.25, -0.2) is 0 Å². The lowest BCUT2D eigenvalue weighted by atomic mass is 9.64. The first-order valence-electron chi connectivity index (χ1n) is 7.55. The van der Waals surface area contributed by atoms with Crippen molar-refractivity contribution < 1.29 is 10.2 Å². The Morgan fingerprint density at radius 3 is 2.06 bits per heavy atom. The summed E-state index contributed by atoms with van der Waals surface area (Å²) in [5.41, 5.74) is 0. The Morgan fingerprint density at radius 2 is 1.41 bits per heavy atom. The van der Waals surface area contributed by atoms with Crippen LogP contribution in [0.5, 0.6) is 0 Å². The largest absolute Gasteiger partial charge is 0.396 e. The van der Waals surface area contributed by atoms with E-state index in [2.05, 4.69) is 0 Å². The van der Waals surface area contributed by atoms with Gasteiger partial charge in [0, 0.05) is 13.2 Å². The van der Waals surface area contributed by atoms with Crippen molar-refractivity contribution in [3.05, 3.63) is 0 Å². The van der Waals surface area contributed by atoms with E-state index in [1.807, 2.05) is 0 Å². The van der Waals surface area contributed by atoms with Crippen LogP contribution in [0.3, 0.4) is 0 Å². The first kappa shape index (κ1) is 10.8. The average molecular weight is 236 g/mol. The molecule has 0 aromatic heterocycles. The lowest BCUT2D eigenvalue weighted by Crippen LogP contribution is -2.37. The Labute approximate surface area is 103 Å². The Kier molecular flexibility index (Phi) is 2.36. The predicted molar refractivity (Wildman–Crippen MR) is 65.2 cm³/mol. The molecule has 0 heterocycles. The third kappa shape index (κ3) is 1.29. The molecule has 4 rings (SSSR count). The molecule has 0 spiro atoms. The van der Waals surface area contributed by atoms with Gasteiger partial charge in [0.1, 0.15) is 0 Å². The number of fused-ring (bicyclic) bond motifs is 9. The van der Waals surface area contributed by atoms with E-state index in [4.69, 9.17) is 0 Å². The van der Waals surface area contributed by atoms with Gasteiger partial charge in [0.05, 0.1) is 0 Å². The third-order valence-corrected chi connectivity index (χ3v) is 6.83. The quantitative estimate of drug-likeness (QED) is 0.735. The van der Waals surface area contributed by atoms with Gasteiger partial charge < -0.3 is 10.2 Å². The lowest BCUT2D eigenvalue weighted by Gasteiger charge is -2.41. The van der Waals surface area contributed by atoms with Gasteiger partial charge in [-0.2, -0.15) is 0 Å². The minimum atomic E-state index is 0.378. The number of aliphatic hydroxyl groups is 2. The zero-order valence-electron chi connectivity index (χ0n) is 10.5. The van der Waals surface area contributed by atoms with E-state index in [0.717, 1.165) is 47.8 Å². The first-order chi connectivity index (χ1) is 8.33. The molecule has 4 fully saturated rings. The summed E-state index contributed by atoms with van der Waals surface area (Å²) in [5.74, 6) is 7.06. The van der Waals surface area contributed by atoms with Crippen molar-refractivity contribution in [2.24, 2.45) is 47.3 Å². The van der Waals surface area contributed by atoms with Crippen molar-refractivity contribution in [3.8, 4) is 0 Å². The van der Waals surface area contributed by atoms with Crippen LogP contribution in [0.15, 0.2) is 0 Å². The molecule has 4 bridgehead atoms. The minimum absolute atomic E-state index is 0.378. The van der Waals surface area contributed by atoms with Crippen LogP contribution in [-0.4, -0.2) is 23.4 Å². The Balaban J connectivity index is 1.58. The molecule has 0 aromatic rings. The monoisotopic (exact) mass is 236 g/mol. The molecular weight excluding hydrogens is 212 g/mol. The molecule has 0 amide bonds. The molecule has 8 unspecified atom stereocenters. The second-order valence-corrected chi connectivity index (χ2v) is 7.16. The number of aliphatic hydroxyl groups excluding tert-OH is 2. The van der Waals surface area contributed by atoms with Gasteiger partial charge in [-0.05, 0) is 79.4 Å². The summed E-state index contributed by atoms with van der Waals surface area (Å²) in [6.45, 7) is 0.801.